The number of para-hydroxylation sites is 1. The number of carbonyl (C=O) groups excluding carboxylic acids is 2. The summed E-state index contributed by atoms with van der Waals surface area (Å²) < 4.78 is 5.71. The van der Waals surface area contributed by atoms with Crippen molar-refractivity contribution < 1.29 is 19.4 Å². The molecule has 1 unspecified atom stereocenters. The Hall–Kier alpha value is -3.08. The number of rotatable bonds is 5. The number of ketones is 1. The van der Waals surface area contributed by atoms with Crippen molar-refractivity contribution >= 4 is 17.4 Å². The standard InChI is InChI=1S/C24H27NO4/c1-15(2)29-18-13-11-16(12-14-18)20-19(22(27)24(3,4)5)21(26)23(28)25(20)17-9-7-6-8-10-17/h6-15,20,26H,1-5H3. The molecule has 3 rings (SSSR count). The van der Waals surface area contributed by atoms with Crippen molar-refractivity contribution in [1.29, 1.82) is 0 Å². The Kier molecular flexibility index (Phi) is 5.51. The zero-order chi connectivity index (χ0) is 21.3. The summed E-state index contributed by atoms with van der Waals surface area (Å²) >= 11 is 0. The Balaban J connectivity index is 2.12. The van der Waals surface area contributed by atoms with E-state index in [1.54, 1.807) is 32.9 Å². The maximum Gasteiger partial charge on any atom is 0.294 e. The summed E-state index contributed by atoms with van der Waals surface area (Å²) in [6, 6.07) is 15.7. The maximum atomic E-state index is 13.2. The van der Waals surface area contributed by atoms with E-state index < -0.39 is 23.1 Å². The van der Waals surface area contributed by atoms with Gasteiger partial charge < -0.3 is 9.84 Å². The van der Waals surface area contributed by atoms with Crippen LogP contribution in [0.15, 0.2) is 65.9 Å². The van der Waals surface area contributed by atoms with Gasteiger partial charge in [0.25, 0.3) is 5.91 Å². The lowest BCUT2D eigenvalue weighted by atomic mass is 9.82. The molecule has 1 atom stereocenters. The van der Waals surface area contributed by atoms with Crippen molar-refractivity contribution in [3.05, 3.63) is 71.5 Å². The molecular weight excluding hydrogens is 366 g/mol. The number of anilines is 1. The molecule has 1 N–H and O–H groups in total. The van der Waals surface area contributed by atoms with Crippen LogP contribution in [0.3, 0.4) is 0 Å². The predicted molar refractivity (Wildman–Crippen MR) is 113 cm³/mol. The van der Waals surface area contributed by atoms with E-state index in [-0.39, 0.29) is 17.5 Å². The molecule has 1 amide bonds. The number of carbonyl (C=O) groups is 2. The molecule has 29 heavy (non-hydrogen) atoms. The van der Waals surface area contributed by atoms with E-state index in [0.29, 0.717) is 11.4 Å². The monoisotopic (exact) mass is 393 g/mol. The van der Waals surface area contributed by atoms with Gasteiger partial charge in [0.05, 0.1) is 17.7 Å². The normalized spacial score (nSPS) is 17.2. The molecule has 0 aliphatic carbocycles. The van der Waals surface area contributed by atoms with E-state index in [0.717, 1.165) is 5.56 Å². The summed E-state index contributed by atoms with van der Waals surface area (Å²) in [6.45, 7) is 9.23. The Morgan fingerprint density at radius 1 is 1.03 bits per heavy atom. The fraction of sp³-hybridized carbons (Fsp3) is 0.333. The van der Waals surface area contributed by atoms with E-state index >= 15 is 0 Å². The number of ether oxygens (including phenoxy) is 1. The topological polar surface area (TPSA) is 66.8 Å². The average Bonchev–Trinajstić information content (AvgIpc) is 2.92. The molecule has 0 aromatic heterocycles. The van der Waals surface area contributed by atoms with E-state index in [9.17, 15) is 14.7 Å². The second-order valence-electron chi connectivity index (χ2n) is 8.49. The van der Waals surface area contributed by atoms with Crippen LogP contribution in [0.25, 0.3) is 0 Å². The van der Waals surface area contributed by atoms with Crippen LogP contribution in [0, 0.1) is 5.41 Å². The van der Waals surface area contributed by atoms with Gasteiger partial charge in [0.1, 0.15) is 5.75 Å². The molecule has 5 nitrogen and oxygen atoms in total. The van der Waals surface area contributed by atoms with Gasteiger partial charge in [-0.15, -0.1) is 0 Å². The van der Waals surface area contributed by atoms with Crippen LogP contribution in [0.5, 0.6) is 5.75 Å². The van der Waals surface area contributed by atoms with Crippen LogP contribution >= 0.6 is 0 Å². The van der Waals surface area contributed by atoms with Crippen LogP contribution in [0.2, 0.25) is 0 Å². The number of aliphatic hydroxyl groups excluding tert-OH is 1. The van der Waals surface area contributed by atoms with Gasteiger partial charge in [-0.05, 0) is 43.7 Å². The number of aliphatic hydroxyl groups is 1. The molecule has 1 aliphatic heterocycles. The lowest BCUT2D eigenvalue weighted by molar-refractivity contribution is -0.123. The van der Waals surface area contributed by atoms with Gasteiger partial charge in [0, 0.05) is 11.1 Å². The zero-order valence-electron chi connectivity index (χ0n) is 17.5. The number of benzene rings is 2. The first-order valence-corrected chi connectivity index (χ1v) is 9.74. The van der Waals surface area contributed by atoms with Crippen LogP contribution in [-0.2, 0) is 9.59 Å². The molecule has 0 bridgehead atoms. The Bertz CT molecular complexity index is 937. The third kappa shape index (κ3) is 4.04. The van der Waals surface area contributed by atoms with Crippen LogP contribution in [0.4, 0.5) is 5.69 Å². The molecule has 2 aromatic rings. The predicted octanol–water partition coefficient (Wildman–Crippen LogP) is 4.99. The van der Waals surface area contributed by atoms with Gasteiger partial charge in [-0.25, -0.2) is 0 Å². The minimum absolute atomic E-state index is 0.0386. The molecule has 0 saturated carbocycles. The van der Waals surface area contributed by atoms with Gasteiger partial charge in [-0.1, -0.05) is 51.1 Å². The second kappa shape index (κ2) is 7.74. The van der Waals surface area contributed by atoms with E-state index in [1.165, 1.54) is 4.90 Å². The zero-order valence-corrected chi connectivity index (χ0v) is 17.5. The van der Waals surface area contributed by atoms with Crippen LogP contribution in [-0.4, -0.2) is 22.9 Å². The van der Waals surface area contributed by atoms with E-state index in [4.69, 9.17) is 4.74 Å². The van der Waals surface area contributed by atoms with Gasteiger partial charge in [0.15, 0.2) is 11.5 Å². The molecule has 1 aliphatic rings. The largest absolute Gasteiger partial charge is 0.503 e. The lowest BCUT2D eigenvalue weighted by Crippen LogP contribution is -2.32. The molecular formula is C24H27NO4. The summed E-state index contributed by atoms with van der Waals surface area (Å²) in [7, 11) is 0. The average molecular weight is 393 g/mol. The Morgan fingerprint density at radius 2 is 1.62 bits per heavy atom. The number of hydrogen-bond donors (Lipinski definition) is 1. The fourth-order valence-corrected chi connectivity index (χ4v) is 3.41. The molecule has 0 saturated heterocycles. The van der Waals surface area contributed by atoms with Crippen molar-refractivity contribution in [2.45, 2.75) is 46.8 Å². The van der Waals surface area contributed by atoms with E-state index in [2.05, 4.69) is 0 Å². The van der Waals surface area contributed by atoms with Crippen molar-refractivity contribution in [3.63, 3.8) is 0 Å². The first-order valence-electron chi connectivity index (χ1n) is 9.74. The van der Waals surface area contributed by atoms with Gasteiger partial charge in [0.2, 0.25) is 0 Å². The quantitative estimate of drug-likeness (QED) is 0.777. The maximum absolute atomic E-state index is 13.2. The van der Waals surface area contributed by atoms with Crippen molar-refractivity contribution in [2.24, 2.45) is 5.41 Å². The number of amides is 1. The second-order valence-corrected chi connectivity index (χ2v) is 8.49. The Labute approximate surface area is 171 Å². The summed E-state index contributed by atoms with van der Waals surface area (Å²) in [5, 5.41) is 10.7. The molecule has 1 heterocycles. The van der Waals surface area contributed by atoms with Crippen LogP contribution in [0.1, 0.15) is 46.2 Å². The van der Waals surface area contributed by atoms with Crippen molar-refractivity contribution in [2.75, 3.05) is 4.90 Å². The summed E-state index contributed by atoms with van der Waals surface area (Å²) in [5.74, 6) is -0.608. The molecule has 152 valence electrons. The highest BCUT2D eigenvalue weighted by Gasteiger charge is 2.46. The molecule has 0 fully saturated rings. The smallest absolute Gasteiger partial charge is 0.294 e. The first kappa shape index (κ1) is 20.6. The first-order chi connectivity index (χ1) is 13.6. The Morgan fingerprint density at radius 3 is 2.14 bits per heavy atom. The summed E-state index contributed by atoms with van der Waals surface area (Å²) in [5.41, 5.74) is 0.738. The number of hydrogen-bond acceptors (Lipinski definition) is 4. The molecule has 0 radical (unpaired) electrons. The summed E-state index contributed by atoms with van der Waals surface area (Å²) in [6.07, 6.45) is 0.0386. The third-order valence-corrected chi connectivity index (χ3v) is 4.74. The fourth-order valence-electron chi connectivity index (χ4n) is 3.41. The third-order valence-electron chi connectivity index (χ3n) is 4.74. The number of Topliss-reactive ketones (excluding diaryl/α,β-unsaturated/α-hetero) is 1. The lowest BCUT2D eigenvalue weighted by Gasteiger charge is -2.29. The minimum atomic E-state index is -0.741. The van der Waals surface area contributed by atoms with E-state index in [1.807, 2.05) is 56.3 Å². The van der Waals surface area contributed by atoms with Crippen molar-refractivity contribution in [3.8, 4) is 5.75 Å². The van der Waals surface area contributed by atoms with Crippen LogP contribution < -0.4 is 9.64 Å². The summed E-state index contributed by atoms with van der Waals surface area (Å²) in [4.78, 5) is 27.6. The molecule has 0 spiro atoms. The highest BCUT2D eigenvalue weighted by Crippen LogP contribution is 2.43. The van der Waals surface area contributed by atoms with Crippen molar-refractivity contribution in [1.82, 2.24) is 0 Å². The van der Waals surface area contributed by atoms with Gasteiger partial charge in [-0.2, -0.15) is 0 Å². The van der Waals surface area contributed by atoms with Gasteiger partial charge >= 0.3 is 0 Å². The number of nitrogens with zero attached hydrogens (tertiary/aromatic N) is 1. The minimum Gasteiger partial charge on any atom is -0.503 e. The SMILES string of the molecule is CC(C)Oc1ccc(C2C(C(=O)C(C)(C)C)=C(O)C(=O)N2c2ccccc2)cc1. The highest BCUT2D eigenvalue weighted by molar-refractivity contribution is 6.17. The van der Waals surface area contributed by atoms with Gasteiger partial charge in [-0.3, -0.25) is 14.5 Å². The molecule has 2 aromatic carbocycles. The molecule has 5 heteroatoms. The highest BCUT2D eigenvalue weighted by atomic mass is 16.5.